The standard InChI is InChI=1S/C24H24F3NO5/c1-13-10-28(11-14(2)32-13)12-17-18(29)9-8-16-21(30)20(15-6-4-5-7-19(15)31-3)23(24(25,26)27)33-22(16)17/h4-9,13-14,29H,10-12H2,1-3H3/t13-,14+. The fraction of sp³-hybridized carbons (Fsp3) is 0.375. The molecule has 0 bridgehead atoms. The van der Waals surface area contributed by atoms with Crippen LogP contribution >= 0.6 is 0 Å². The molecule has 2 heterocycles. The number of hydrogen-bond acceptors (Lipinski definition) is 6. The molecule has 9 heteroatoms. The molecule has 1 aromatic heterocycles. The molecule has 2 atom stereocenters. The van der Waals surface area contributed by atoms with Crippen LogP contribution in [0.5, 0.6) is 11.5 Å². The van der Waals surface area contributed by atoms with Gasteiger partial charge in [-0.25, -0.2) is 0 Å². The van der Waals surface area contributed by atoms with Crippen molar-refractivity contribution in [3.05, 3.63) is 57.9 Å². The molecule has 0 unspecified atom stereocenters. The summed E-state index contributed by atoms with van der Waals surface area (Å²) >= 11 is 0. The van der Waals surface area contributed by atoms with Crippen molar-refractivity contribution in [3.8, 4) is 22.6 Å². The maximum absolute atomic E-state index is 14.1. The Balaban J connectivity index is 1.96. The summed E-state index contributed by atoms with van der Waals surface area (Å²) < 4.78 is 58.6. The van der Waals surface area contributed by atoms with Crippen molar-refractivity contribution in [1.29, 1.82) is 0 Å². The number of para-hydroxylation sites is 1. The average molecular weight is 463 g/mol. The van der Waals surface area contributed by atoms with Gasteiger partial charge < -0.3 is 19.0 Å². The molecular weight excluding hydrogens is 439 g/mol. The lowest BCUT2D eigenvalue weighted by atomic mass is 9.99. The molecule has 3 aromatic rings. The summed E-state index contributed by atoms with van der Waals surface area (Å²) in [4.78, 5) is 15.3. The Labute approximate surface area is 188 Å². The minimum atomic E-state index is -4.95. The number of nitrogens with zero attached hydrogens (tertiary/aromatic N) is 1. The largest absolute Gasteiger partial charge is 0.507 e. The third kappa shape index (κ3) is 4.43. The highest BCUT2D eigenvalue weighted by molar-refractivity contribution is 5.87. The van der Waals surface area contributed by atoms with E-state index in [2.05, 4.69) is 0 Å². The Morgan fingerprint density at radius 3 is 2.42 bits per heavy atom. The van der Waals surface area contributed by atoms with Gasteiger partial charge in [-0.3, -0.25) is 9.69 Å². The molecule has 0 saturated carbocycles. The lowest BCUT2D eigenvalue weighted by Gasteiger charge is -2.35. The van der Waals surface area contributed by atoms with Crippen LogP contribution in [0.15, 0.2) is 45.6 Å². The van der Waals surface area contributed by atoms with Gasteiger partial charge in [-0.15, -0.1) is 0 Å². The van der Waals surface area contributed by atoms with Crippen LogP contribution in [0.2, 0.25) is 0 Å². The molecular formula is C24H24F3NO5. The summed E-state index contributed by atoms with van der Waals surface area (Å²) in [5.74, 6) is -1.55. The number of methoxy groups -OCH3 is 1. The molecule has 1 saturated heterocycles. The van der Waals surface area contributed by atoms with Gasteiger partial charge in [-0.2, -0.15) is 13.2 Å². The zero-order valence-electron chi connectivity index (χ0n) is 18.4. The Kier molecular flexibility index (Phi) is 6.11. The Morgan fingerprint density at radius 1 is 1.12 bits per heavy atom. The number of phenols is 1. The average Bonchev–Trinajstić information content (AvgIpc) is 2.74. The SMILES string of the molecule is COc1ccccc1-c1c(C(F)(F)F)oc2c(CN3C[C@@H](C)O[C@@H](C)C3)c(O)ccc2c1=O. The fourth-order valence-corrected chi connectivity index (χ4v) is 4.39. The van der Waals surface area contributed by atoms with E-state index in [1.54, 1.807) is 6.07 Å². The summed E-state index contributed by atoms with van der Waals surface area (Å²) in [6, 6.07) is 8.56. The molecule has 0 spiro atoms. The summed E-state index contributed by atoms with van der Waals surface area (Å²) in [7, 11) is 1.31. The molecule has 33 heavy (non-hydrogen) atoms. The number of halogens is 3. The number of fused-ring (bicyclic) bond motifs is 1. The number of morpholine rings is 1. The second kappa shape index (κ2) is 8.72. The van der Waals surface area contributed by atoms with Crippen LogP contribution in [0.1, 0.15) is 25.2 Å². The summed E-state index contributed by atoms with van der Waals surface area (Å²) in [5.41, 5.74) is -1.65. The van der Waals surface area contributed by atoms with Crippen molar-refractivity contribution in [2.45, 2.75) is 38.8 Å². The van der Waals surface area contributed by atoms with Crippen molar-refractivity contribution < 1.29 is 32.2 Å². The van der Waals surface area contributed by atoms with Gasteiger partial charge in [-0.1, -0.05) is 18.2 Å². The maximum Gasteiger partial charge on any atom is 0.450 e. The van der Waals surface area contributed by atoms with Gasteiger partial charge in [0.25, 0.3) is 0 Å². The van der Waals surface area contributed by atoms with Gasteiger partial charge in [-0.05, 0) is 32.0 Å². The minimum Gasteiger partial charge on any atom is -0.507 e. The molecule has 2 aromatic carbocycles. The second-order valence-electron chi connectivity index (χ2n) is 8.22. The van der Waals surface area contributed by atoms with Crippen LogP contribution in [0, 0.1) is 0 Å². The van der Waals surface area contributed by atoms with Crippen molar-refractivity contribution in [3.63, 3.8) is 0 Å². The zero-order valence-corrected chi connectivity index (χ0v) is 18.4. The molecule has 0 amide bonds. The first-order valence-corrected chi connectivity index (χ1v) is 10.5. The summed E-state index contributed by atoms with van der Waals surface area (Å²) in [5, 5.41) is 10.5. The maximum atomic E-state index is 14.1. The van der Waals surface area contributed by atoms with Crippen molar-refractivity contribution in [1.82, 2.24) is 4.90 Å². The topological polar surface area (TPSA) is 72.1 Å². The van der Waals surface area contributed by atoms with Crippen LogP contribution in [0.4, 0.5) is 13.2 Å². The Hall–Kier alpha value is -3.04. The van der Waals surface area contributed by atoms with Gasteiger partial charge >= 0.3 is 6.18 Å². The summed E-state index contributed by atoms with van der Waals surface area (Å²) in [6.07, 6.45) is -5.12. The number of hydrogen-bond donors (Lipinski definition) is 1. The Morgan fingerprint density at radius 2 is 1.79 bits per heavy atom. The highest BCUT2D eigenvalue weighted by Gasteiger charge is 2.40. The van der Waals surface area contributed by atoms with Crippen molar-refractivity contribution in [2.75, 3.05) is 20.2 Å². The predicted molar refractivity (Wildman–Crippen MR) is 116 cm³/mol. The van der Waals surface area contributed by atoms with Gasteiger partial charge in [0.05, 0.1) is 35.8 Å². The van der Waals surface area contributed by atoms with Gasteiger partial charge in [0.15, 0.2) is 0 Å². The third-order valence-corrected chi connectivity index (χ3v) is 5.65. The van der Waals surface area contributed by atoms with Gasteiger partial charge in [0.2, 0.25) is 11.2 Å². The predicted octanol–water partition coefficient (Wildman–Crippen LogP) is 4.80. The molecule has 1 N–H and O–H groups in total. The first-order chi connectivity index (χ1) is 15.6. The lowest BCUT2D eigenvalue weighted by Crippen LogP contribution is -2.44. The smallest absolute Gasteiger partial charge is 0.450 e. The molecule has 176 valence electrons. The van der Waals surface area contributed by atoms with Crippen LogP contribution < -0.4 is 10.2 Å². The van der Waals surface area contributed by atoms with Gasteiger partial charge in [0, 0.05) is 25.2 Å². The van der Waals surface area contributed by atoms with E-state index < -0.39 is 22.9 Å². The van der Waals surface area contributed by atoms with Crippen molar-refractivity contribution in [2.24, 2.45) is 0 Å². The van der Waals surface area contributed by atoms with E-state index in [9.17, 15) is 23.1 Å². The van der Waals surface area contributed by atoms with E-state index in [4.69, 9.17) is 13.9 Å². The molecule has 1 aliphatic heterocycles. The van der Waals surface area contributed by atoms with E-state index >= 15 is 0 Å². The first-order valence-electron chi connectivity index (χ1n) is 10.5. The normalized spacial score (nSPS) is 19.7. The Bertz CT molecular complexity index is 1230. The molecule has 6 nitrogen and oxygen atoms in total. The van der Waals surface area contributed by atoms with E-state index in [1.807, 2.05) is 18.7 Å². The lowest BCUT2D eigenvalue weighted by molar-refractivity contribution is -0.152. The number of phenolic OH excluding ortho intramolecular Hbond substituents is 1. The van der Waals surface area contributed by atoms with Gasteiger partial charge in [0.1, 0.15) is 17.1 Å². The minimum absolute atomic E-state index is 0.0200. The molecule has 4 rings (SSSR count). The quantitative estimate of drug-likeness (QED) is 0.599. The molecule has 1 fully saturated rings. The van der Waals surface area contributed by atoms with Crippen molar-refractivity contribution >= 4 is 11.0 Å². The van der Waals surface area contributed by atoms with E-state index in [-0.39, 0.29) is 52.3 Å². The van der Waals surface area contributed by atoms with Crippen LogP contribution in [-0.4, -0.2) is 42.4 Å². The zero-order chi connectivity index (χ0) is 23.9. The first kappa shape index (κ1) is 23.1. The van der Waals surface area contributed by atoms with E-state index in [0.29, 0.717) is 13.1 Å². The highest BCUT2D eigenvalue weighted by Crippen LogP contribution is 2.41. The van der Waals surface area contributed by atoms with Crippen LogP contribution in [-0.2, 0) is 17.5 Å². The number of benzene rings is 2. The molecule has 1 aliphatic rings. The number of alkyl halides is 3. The highest BCUT2D eigenvalue weighted by atomic mass is 19.4. The second-order valence-corrected chi connectivity index (χ2v) is 8.22. The molecule has 0 radical (unpaired) electrons. The number of aromatic hydroxyl groups is 1. The number of rotatable bonds is 4. The molecule has 0 aliphatic carbocycles. The fourth-order valence-electron chi connectivity index (χ4n) is 4.39. The van der Waals surface area contributed by atoms with Crippen LogP contribution in [0.3, 0.4) is 0 Å². The monoisotopic (exact) mass is 463 g/mol. The van der Waals surface area contributed by atoms with E-state index in [0.717, 1.165) is 0 Å². The third-order valence-electron chi connectivity index (χ3n) is 5.65. The van der Waals surface area contributed by atoms with Crippen LogP contribution in [0.25, 0.3) is 22.1 Å². The number of ether oxygens (including phenoxy) is 2. The summed E-state index contributed by atoms with van der Waals surface area (Å²) in [6.45, 7) is 4.95. The van der Waals surface area contributed by atoms with E-state index in [1.165, 1.54) is 37.4 Å².